The van der Waals surface area contributed by atoms with E-state index in [2.05, 4.69) is 44.5 Å². The number of aryl methyl sites for hydroxylation is 2. The fraction of sp³-hybridized carbons (Fsp3) is 0.600. The quantitative estimate of drug-likeness (QED) is 0.540. The van der Waals surface area contributed by atoms with Gasteiger partial charge in [0.1, 0.15) is 0 Å². The molecule has 3 heterocycles. The highest BCUT2D eigenvalue weighted by atomic mass is 16.5. The molecule has 3 fully saturated rings. The van der Waals surface area contributed by atoms with Gasteiger partial charge in [-0.05, 0) is 57.4 Å². The van der Waals surface area contributed by atoms with E-state index in [0.29, 0.717) is 41.4 Å². The summed E-state index contributed by atoms with van der Waals surface area (Å²) in [5.41, 5.74) is 3.14. The molecule has 2 amide bonds. The molecule has 1 aliphatic carbocycles. The molecule has 8 nitrogen and oxygen atoms in total. The van der Waals surface area contributed by atoms with E-state index in [9.17, 15) is 9.59 Å². The Morgan fingerprint density at radius 1 is 1.00 bits per heavy atom. The summed E-state index contributed by atoms with van der Waals surface area (Å²) in [6.45, 7) is 10.6. The number of amides is 2. The molecule has 8 heteroatoms. The monoisotopic (exact) mass is 519 g/mol. The van der Waals surface area contributed by atoms with E-state index in [-0.39, 0.29) is 23.8 Å². The molecule has 1 saturated carbocycles. The summed E-state index contributed by atoms with van der Waals surface area (Å²) in [4.78, 5) is 39.6. The van der Waals surface area contributed by atoms with Gasteiger partial charge in [0.05, 0.1) is 29.6 Å². The van der Waals surface area contributed by atoms with Gasteiger partial charge in [0.2, 0.25) is 5.91 Å². The van der Waals surface area contributed by atoms with Crippen LogP contribution in [0.15, 0.2) is 30.3 Å². The van der Waals surface area contributed by atoms with Crippen LogP contribution >= 0.6 is 0 Å². The van der Waals surface area contributed by atoms with E-state index in [1.165, 1.54) is 5.56 Å². The van der Waals surface area contributed by atoms with Crippen molar-refractivity contribution in [1.29, 1.82) is 0 Å². The molecule has 2 saturated heterocycles. The zero-order chi connectivity index (χ0) is 26.6. The number of aromatic nitrogens is 2. The Labute approximate surface area is 226 Å². The maximum Gasteiger partial charge on any atom is 0.316 e. The van der Waals surface area contributed by atoms with Crippen molar-refractivity contribution in [2.24, 2.45) is 17.8 Å². The zero-order valence-electron chi connectivity index (χ0n) is 23.0. The van der Waals surface area contributed by atoms with Gasteiger partial charge in [-0.25, -0.2) is 0 Å². The van der Waals surface area contributed by atoms with E-state index >= 15 is 0 Å². The predicted octanol–water partition coefficient (Wildman–Crippen LogP) is 3.93. The first-order valence-electron chi connectivity index (χ1n) is 14.3. The van der Waals surface area contributed by atoms with Crippen molar-refractivity contribution in [2.75, 3.05) is 39.3 Å². The Balaban J connectivity index is 1.16. The number of ether oxygens (including phenoxy) is 1. The van der Waals surface area contributed by atoms with Crippen LogP contribution in [0.25, 0.3) is 0 Å². The Kier molecular flexibility index (Phi) is 8.27. The maximum atomic E-state index is 13.4. The number of nitrogens with zero attached hydrogens (tertiary/aromatic N) is 4. The molecule has 1 N–H and O–H groups in total. The lowest BCUT2D eigenvalue weighted by Gasteiger charge is -2.26. The Morgan fingerprint density at radius 3 is 2.24 bits per heavy atom. The molecule has 2 unspecified atom stereocenters. The topological polar surface area (TPSA) is 87.7 Å². The highest BCUT2D eigenvalue weighted by Gasteiger charge is 2.42. The van der Waals surface area contributed by atoms with Gasteiger partial charge in [-0.2, -0.15) is 9.97 Å². The van der Waals surface area contributed by atoms with E-state index < -0.39 is 0 Å². The maximum absolute atomic E-state index is 13.4. The number of benzene rings is 1. The van der Waals surface area contributed by atoms with Gasteiger partial charge in [0.15, 0.2) is 0 Å². The summed E-state index contributed by atoms with van der Waals surface area (Å²) in [7, 11) is 0. The minimum Gasteiger partial charge on any atom is -0.464 e. The van der Waals surface area contributed by atoms with Crippen LogP contribution in [-0.2, 0) is 4.79 Å². The summed E-state index contributed by atoms with van der Waals surface area (Å²) in [5.74, 6) is 1.37. The lowest BCUT2D eigenvalue weighted by atomic mass is 10.0. The van der Waals surface area contributed by atoms with Crippen molar-refractivity contribution in [2.45, 2.75) is 58.9 Å². The van der Waals surface area contributed by atoms with Gasteiger partial charge >= 0.3 is 6.01 Å². The van der Waals surface area contributed by atoms with Crippen LogP contribution in [0.5, 0.6) is 6.01 Å². The number of hydrogen-bond donors (Lipinski definition) is 1. The first kappa shape index (κ1) is 26.6. The number of carbonyl (C=O) groups excluding carboxylic acids is 2. The van der Waals surface area contributed by atoms with Gasteiger partial charge in [0, 0.05) is 38.6 Å². The third-order valence-electron chi connectivity index (χ3n) is 8.57. The molecule has 1 aromatic heterocycles. The molecule has 204 valence electrons. The Bertz CT molecular complexity index is 1100. The van der Waals surface area contributed by atoms with Crippen molar-refractivity contribution in [3.05, 3.63) is 52.8 Å². The number of likely N-dealkylation sites (tertiary alicyclic amines) is 2. The van der Waals surface area contributed by atoms with Gasteiger partial charge in [-0.1, -0.05) is 43.2 Å². The third kappa shape index (κ3) is 5.85. The average molecular weight is 520 g/mol. The molecule has 2 aliphatic heterocycles. The minimum absolute atomic E-state index is 0.0303. The molecule has 3 atom stereocenters. The first-order chi connectivity index (χ1) is 18.4. The Hall–Kier alpha value is -3.00. The molecule has 0 bridgehead atoms. The van der Waals surface area contributed by atoms with E-state index in [4.69, 9.17) is 4.74 Å². The molecular weight excluding hydrogens is 478 g/mol. The lowest BCUT2D eigenvalue weighted by molar-refractivity contribution is -0.125. The van der Waals surface area contributed by atoms with Crippen LogP contribution in [0, 0.1) is 31.6 Å². The second-order valence-electron chi connectivity index (χ2n) is 11.2. The first-order valence-corrected chi connectivity index (χ1v) is 14.3. The van der Waals surface area contributed by atoms with Crippen LogP contribution in [0.4, 0.5) is 0 Å². The fourth-order valence-electron chi connectivity index (χ4n) is 6.58. The normalized spacial score (nSPS) is 22.4. The van der Waals surface area contributed by atoms with Crippen molar-refractivity contribution >= 4 is 11.8 Å². The second kappa shape index (κ2) is 11.8. The van der Waals surface area contributed by atoms with Gasteiger partial charge in [0.25, 0.3) is 5.91 Å². The van der Waals surface area contributed by atoms with Crippen molar-refractivity contribution < 1.29 is 14.3 Å². The summed E-state index contributed by atoms with van der Waals surface area (Å²) in [5, 5.41) is 3.37. The molecule has 3 aliphatic rings. The number of nitrogens with one attached hydrogen (secondary N) is 1. The molecule has 2 aromatic rings. The summed E-state index contributed by atoms with van der Waals surface area (Å²) < 4.78 is 5.44. The van der Waals surface area contributed by atoms with E-state index in [1.807, 2.05) is 31.7 Å². The number of hydrogen-bond acceptors (Lipinski definition) is 6. The molecule has 1 aromatic carbocycles. The zero-order valence-corrected chi connectivity index (χ0v) is 23.0. The molecular formula is C30H41N5O3. The summed E-state index contributed by atoms with van der Waals surface area (Å²) in [6, 6.07) is 10.7. The minimum atomic E-state index is 0.0303. The second-order valence-corrected chi connectivity index (χ2v) is 11.2. The highest BCUT2D eigenvalue weighted by Crippen LogP contribution is 2.33. The molecule has 5 rings (SSSR count). The van der Waals surface area contributed by atoms with Crippen molar-refractivity contribution in [3.63, 3.8) is 0 Å². The number of carbonyl (C=O) groups is 2. The van der Waals surface area contributed by atoms with Gasteiger partial charge in [-0.15, -0.1) is 0 Å². The van der Waals surface area contributed by atoms with Crippen LogP contribution in [-0.4, -0.2) is 70.9 Å². The van der Waals surface area contributed by atoms with Crippen molar-refractivity contribution in [3.8, 4) is 6.01 Å². The fourth-order valence-corrected chi connectivity index (χ4v) is 6.58. The van der Waals surface area contributed by atoms with Gasteiger partial charge < -0.3 is 19.9 Å². The highest BCUT2D eigenvalue weighted by molar-refractivity contribution is 5.96. The molecule has 0 spiro atoms. The van der Waals surface area contributed by atoms with E-state index in [1.54, 1.807) is 0 Å². The number of fused-ring (bicyclic) bond motifs is 1. The smallest absolute Gasteiger partial charge is 0.316 e. The molecule has 38 heavy (non-hydrogen) atoms. The lowest BCUT2D eigenvalue weighted by Crippen LogP contribution is -2.37. The SMILES string of the molecule is CCOc1nc(C)c(C(=O)N2CC3CN(CCC(NC(=O)C4CCCC4)c4ccccc4)C[C@H]3C2)c(C)n1. The predicted molar refractivity (Wildman–Crippen MR) is 146 cm³/mol. The Morgan fingerprint density at radius 2 is 1.63 bits per heavy atom. The average Bonchev–Trinajstić information content (AvgIpc) is 3.64. The van der Waals surface area contributed by atoms with Crippen LogP contribution < -0.4 is 10.1 Å². The third-order valence-corrected chi connectivity index (χ3v) is 8.57. The molecule has 0 radical (unpaired) electrons. The van der Waals surface area contributed by atoms with Gasteiger partial charge in [-0.3, -0.25) is 9.59 Å². The number of rotatable bonds is 9. The van der Waals surface area contributed by atoms with Crippen LogP contribution in [0.2, 0.25) is 0 Å². The van der Waals surface area contributed by atoms with E-state index in [0.717, 1.165) is 64.8 Å². The summed E-state index contributed by atoms with van der Waals surface area (Å²) in [6.07, 6.45) is 5.25. The summed E-state index contributed by atoms with van der Waals surface area (Å²) >= 11 is 0. The van der Waals surface area contributed by atoms with Crippen LogP contribution in [0.1, 0.15) is 72.4 Å². The van der Waals surface area contributed by atoms with Crippen molar-refractivity contribution in [1.82, 2.24) is 25.1 Å². The largest absolute Gasteiger partial charge is 0.464 e. The standard InChI is InChI=1S/C30H41N5O3/c1-4-38-30-31-20(2)27(21(3)32-30)29(37)35-18-24-16-34(17-25(24)19-35)15-14-26(22-10-6-5-7-11-22)33-28(36)23-12-8-9-13-23/h5-7,10-11,23-26H,4,8-9,12-19H2,1-3H3,(H,33,36)/t24-,25?,26?/m0/s1. The van der Waals surface area contributed by atoms with Crippen LogP contribution in [0.3, 0.4) is 0 Å².